The van der Waals surface area contributed by atoms with Gasteiger partial charge in [-0.3, -0.25) is 4.90 Å². The highest BCUT2D eigenvalue weighted by Gasteiger charge is 2.35. The largest absolute Gasteiger partial charge is 0.289 e. The third-order valence-corrected chi connectivity index (χ3v) is 4.86. The van der Waals surface area contributed by atoms with Gasteiger partial charge in [-0.05, 0) is 44.1 Å². The molecule has 2 heterocycles. The van der Waals surface area contributed by atoms with Crippen LogP contribution >= 0.6 is 0 Å². The maximum Gasteiger partial charge on any atom is 0.0621 e. The van der Waals surface area contributed by atoms with Crippen LogP contribution < -0.4 is 0 Å². The molecule has 0 aromatic heterocycles. The zero-order valence-corrected chi connectivity index (χ0v) is 12.7. The highest BCUT2D eigenvalue weighted by Crippen LogP contribution is 2.37. The summed E-state index contributed by atoms with van der Waals surface area (Å²) in [7, 11) is 0. The van der Waals surface area contributed by atoms with Crippen molar-refractivity contribution in [2.75, 3.05) is 0 Å². The van der Waals surface area contributed by atoms with Gasteiger partial charge in [-0.25, -0.2) is 0 Å². The lowest BCUT2D eigenvalue weighted by Gasteiger charge is -2.34. The summed E-state index contributed by atoms with van der Waals surface area (Å²) in [5, 5.41) is 8.60. The van der Waals surface area contributed by atoms with Gasteiger partial charge in [0.25, 0.3) is 0 Å². The second-order valence-electron chi connectivity index (χ2n) is 6.35. The molecule has 2 aliphatic rings. The second kappa shape index (κ2) is 6.91. The number of fused-ring (bicyclic) bond motifs is 2. The number of benzene rings is 1. The molecular weight excluding hydrogens is 256 g/mol. The van der Waals surface area contributed by atoms with Crippen LogP contribution in [0.25, 0.3) is 0 Å². The first-order chi connectivity index (χ1) is 10.4. The van der Waals surface area contributed by atoms with Gasteiger partial charge in [0, 0.05) is 25.0 Å². The number of hydrogen-bond donors (Lipinski definition) is 0. The van der Waals surface area contributed by atoms with Crippen molar-refractivity contribution < 1.29 is 0 Å². The number of unbranched alkanes of at least 4 members (excludes halogenated alkanes) is 2. The van der Waals surface area contributed by atoms with Gasteiger partial charge in [0.1, 0.15) is 0 Å². The molecule has 0 saturated carbocycles. The number of rotatable bonds is 6. The van der Waals surface area contributed by atoms with Crippen molar-refractivity contribution in [3.63, 3.8) is 0 Å². The van der Waals surface area contributed by atoms with Gasteiger partial charge >= 0.3 is 0 Å². The van der Waals surface area contributed by atoms with E-state index in [1.807, 2.05) is 0 Å². The van der Waals surface area contributed by atoms with Crippen molar-refractivity contribution in [2.24, 2.45) is 0 Å². The Morgan fingerprint density at radius 1 is 1.14 bits per heavy atom. The quantitative estimate of drug-likeness (QED) is 0.569. The van der Waals surface area contributed by atoms with E-state index in [-0.39, 0.29) is 0 Å². The molecule has 1 aromatic carbocycles. The normalized spacial score (nSPS) is 24.6. The van der Waals surface area contributed by atoms with E-state index in [4.69, 9.17) is 5.26 Å². The van der Waals surface area contributed by atoms with Crippen LogP contribution in [0.3, 0.4) is 0 Å². The highest BCUT2D eigenvalue weighted by molar-refractivity contribution is 5.21. The molecule has 2 bridgehead atoms. The summed E-state index contributed by atoms with van der Waals surface area (Å²) < 4.78 is 0. The molecule has 0 amide bonds. The van der Waals surface area contributed by atoms with Crippen molar-refractivity contribution in [3.8, 4) is 6.07 Å². The molecule has 2 atom stereocenters. The van der Waals surface area contributed by atoms with E-state index in [1.165, 1.54) is 37.7 Å². The van der Waals surface area contributed by atoms with Crippen molar-refractivity contribution in [2.45, 2.75) is 63.6 Å². The second-order valence-corrected chi connectivity index (χ2v) is 6.35. The average Bonchev–Trinajstić information content (AvgIpc) is 2.75. The summed E-state index contributed by atoms with van der Waals surface area (Å²) in [6.45, 7) is 1.09. The summed E-state index contributed by atoms with van der Waals surface area (Å²) >= 11 is 0. The molecule has 1 aromatic rings. The first-order valence-electron chi connectivity index (χ1n) is 8.23. The third-order valence-electron chi connectivity index (χ3n) is 4.86. The van der Waals surface area contributed by atoms with Crippen LogP contribution in [0.15, 0.2) is 42.0 Å². The molecule has 0 radical (unpaired) electrons. The SMILES string of the molecule is N#CCCCCC1=CC2CCC(C1)N2Cc1ccccc1. The van der Waals surface area contributed by atoms with E-state index in [1.54, 1.807) is 5.57 Å². The Hall–Kier alpha value is -1.59. The van der Waals surface area contributed by atoms with Gasteiger partial charge in [-0.1, -0.05) is 42.0 Å². The van der Waals surface area contributed by atoms with Crippen LogP contribution in [0, 0.1) is 11.3 Å². The minimum atomic E-state index is 0.648. The van der Waals surface area contributed by atoms with Crippen LogP contribution in [-0.2, 0) is 6.54 Å². The minimum absolute atomic E-state index is 0.648. The monoisotopic (exact) mass is 280 g/mol. The van der Waals surface area contributed by atoms with E-state index in [9.17, 15) is 0 Å². The van der Waals surface area contributed by atoms with Crippen LogP contribution in [0.5, 0.6) is 0 Å². The molecule has 2 aliphatic heterocycles. The van der Waals surface area contributed by atoms with E-state index in [2.05, 4.69) is 47.4 Å². The zero-order chi connectivity index (χ0) is 14.5. The fourth-order valence-corrected chi connectivity index (χ4v) is 3.79. The van der Waals surface area contributed by atoms with Gasteiger partial charge in [0.15, 0.2) is 0 Å². The van der Waals surface area contributed by atoms with Crippen LogP contribution in [-0.4, -0.2) is 17.0 Å². The number of hydrogen-bond acceptors (Lipinski definition) is 2. The van der Waals surface area contributed by atoms with Crippen LogP contribution in [0.1, 0.15) is 50.5 Å². The topological polar surface area (TPSA) is 27.0 Å². The molecule has 1 fully saturated rings. The maximum atomic E-state index is 8.60. The molecule has 0 N–H and O–H groups in total. The first kappa shape index (κ1) is 14.4. The smallest absolute Gasteiger partial charge is 0.0621 e. The Balaban J connectivity index is 1.58. The molecule has 3 rings (SSSR count). The fourth-order valence-electron chi connectivity index (χ4n) is 3.79. The summed E-state index contributed by atoms with van der Waals surface area (Å²) in [6.07, 6.45) is 10.6. The number of nitriles is 1. The van der Waals surface area contributed by atoms with E-state index < -0.39 is 0 Å². The van der Waals surface area contributed by atoms with Crippen molar-refractivity contribution >= 4 is 0 Å². The number of nitrogens with zero attached hydrogens (tertiary/aromatic N) is 2. The summed E-state index contributed by atoms with van der Waals surface area (Å²) in [4.78, 5) is 2.69. The highest BCUT2D eigenvalue weighted by atomic mass is 15.2. The van der Waals surface area contributed by atoms with Gasteiger partial charge in [-0.2, -0.15) is 5.26 Å². The molecule has 21 heavy (non-hydrogen) atoms. The molecule has 0 spiro atoms. The van der Waals surface area contributed by atoms with E-state index in [0.717, 1.165) is 19.0 Å². The predicted octanol–water partition coefficient (Wildman–Crippen LogP) is 4.43. The Morgan fingerprint density at radius 2 is 2.00 bits per heavy atom. The maximum absolute atomic E-state index is 8.60. The van der Waals surface area contributed by atoms with Gasteiger partial charge in [0.05, 0.1) is 6.07 Å². The molecule has 2 unspecified atom stereocenters. The lowest BCUT2D eigenvalue weighted by molar-refractivity contribution is 0.194. The zero-order valence-electron chi connectivity index (χ0n) is 12.7. The van der Waals surface area contributed by atoms with Crippen molar-refractivity contribution in [1.29, 1.82) is 5.26 Å². The summed E-state index contributed by atoms with van der Waals surface area (Å²) in [6, 6.07) is 14.5. The molecule has 0 aliphatic carbocycles. The Labute approximate surface area is 128 Å². The molecular formula is C19H24N2. The summed E-state index contributed by atoms with van der Waals surface area (Å²) in [5.41, 5.74) is 3.07. The van der Waals surface area contributed by atoms with Crippen molar-refractivity contribution in [3.05, 3.63) is 47.5 Å². The van der Waals surface area contributed by atoms with Gasteiger partial charge < -0.3 is 0 Å². The van der Waals surface area contributed by atoms with Crippen molar-refractivity contribution in [1.82, 2.24) is 4.90 Å². The molecule has 2 nitrogen and oxygen atoms in total. The standard InChI is InChI=1S/C19H24N2/c20-12-6-2-5-9-17-13-18-10-11-19(14-17)21(18)15-16-7-3-1-4-8-16/h1,3-4,7-8,13,18-19H,2,5-6,9-11,14-15H2. The fraction of sp³-hybridized carbons (Fsp3) is 0.526. The van der Waals surface area contributed by atoms with Gasteiger partial charge in [0.2, 0.25) is 0 Å². The predicted molar refractivity (Wildman–Crippen MR) is 85.6 cm³/mol. The van der Waals surface area contributed by atoms with E-state index >= 15 is 0 Å². The lowest BCUT2D eigenvalue weighted by Crippen LogP contribution is -2.37. The third kappa shape index (κ3) is 3.54. The molecule has 1 saturated heterocycles. The summed E-state index contributed by atoms with van der Waals surface area (Å²) in [5.74, 6) is 0. The Kier molecular flexibility index (Phi) is 4.72. The molecule has 110 valence electrons. The first-order valence-corrected chi connectivity index (χ1v) is 8.23. The minimum Gasteiger partial charge on any atom is -0.289 e. The molecule has 2 heteroatoms. The van der Waals surface area contributed by atoms with Crippen LogP contribution in [0.4, 0.5) is 0 Å². The average molecular weight is 280 g/mol. The van der Waals surface area contributed by atoms with Crippen LogP contribution in [0.2, 0.25) is 0 Å². The van der Waals surface area contributed by atoms with E-state index in [0.29, 0.717) is 12.5 Å². The lowest BCUT2D eigenvalue weighted by atomic mass is 9.96. The Bertz CT molecular complexity index is 526. The Morgan fingerprint density at radius 3 is 2.76 bits per heavy atom. The van der Waals surface area contributed by atoms with Gasteiger partial charge in [-0.15, -0.1) is 0 Å².